The molecule has 1 amide bonds. The summed E-state index contributed by atoms with van der Waals surface area (Å²) in [5.41, 5.74) is -0.790. The van der Waals surface area contributed by atoms with Crippen molar-refractivity contribution in [3.8, 4) is 17.1 Å². The maximum Gasteiger partial charge on any atom is 0.439 e. The Morgan fingerprint density at radius 1 is 1.10 bits per heavy atom. The number of nitrogens with zero attached hydrogens (tertiary/aromatic N) is 3. The highest BCUT2D eigenvalue weighted by atomic mass is 19.4. The van der Waals surface area contributed by atoms with Crippen molar-refractivity contribution in [3.63, 3.8) is 0 Å². The first-order valence-electron chi connectivity index (χ1n) is 12.5. The number of alkyl halides is 3. The van der Waals surface area contributed by atoms with Crippen molar-refractivity contribution in [1.82, 2.24) is 20.0 Å². The first kappa shape index (κ1) is 29.5. The molecule has 1 saturated heterocycles. The Morgan fingerprint density at radius 2 is 1.74 bits per heavy atom. The second kappa shape index (κ2) is 12.2. The number of aromatic amines is 1. The van der Waals surface area contributed by atoms with Gasteiger partial charge in [0.1, 0.15) is 28.8 Å². The van der Waals surface area contributed by atoms with Crippen LogP contribution in [0.2, 0.25) is 0 Å². The van der Waals surface area contributed by atoms with Gasteiger partial charge in [-0.1, -0.05) is 19.0 Å². The van der Waals surface area contributed by atoms with E-state index in [1.165, 1.54) is 18.3 Å². The van der Waals surface area contributed by atoms with Crippen molar-refractivity contribution < 1.29 is 32.0 Å². The van der Waals surface area contributed by atoms with Gasteiger partial charge in [-0.3, -0.25) is 9.51 Å². The summed E-state index contributed by atoms with van der Waals surface area (Å²) < 4.78 is 55.0. The van der Waals surface area contributed by atoms with Crippen molar-refractivity contribution in [2.75, 3.05) is 18.4 Å². The molecule has 0 aliphatic carbocycles. The minimum Gasteiger partial charge on any atom is -0.489 e. The van der Waals surface area contributed by atoms with E-state index in [1.807, 2.05) is 13.8 Å². The van der Waals surface area contributed by atoms with E-state index in [0.717, 1.165) is 12.1 Å². The monoisotopic (exact) mass is 551 g/mol. The molecule has 39 heavy (non-hydrogen) atoms. The van der Waals surface area contributed by atoms with E-state index in [4.69, 9.17) is 9.47 Å². The molecule has 0 radical (unpaired) electrons. The van der Waals surface area contributed by atoms with Crippen LogP contribution in [0.15, 0.2) is 45.8 Å². The van der Waals surface area contributed by atoms with Crippen molar-refractivity contribution in [3.05, 3.63) is 52.6 Å². The van der Waals surface area contributed by atoms with Gasteiger partial charge in [0.15, 0.2) is 5.82 Å². The van der Waals surface area contributed by atoms with Crippen LogP contribution in [0.25, 0.3) is 11.4 Å². The number of halogens is 3. The summed E-state index contributed by atoms with van der Waals surface area (Å²) in [7, 11) is 0. The maximum atomic E-state index is 12.9. The van der Waals surface area contributed by atoms with Gasteiger partial charge < -0.3 is 19.7 Å². The molecular formula is C26H32F3N5O5. The lowest BCUT2D eigenvalue weighted by Crippen LogP contribution is -2.44. The van der Waals surface area contributed by atoms with Gasteiger partial charge in [-0.25, -0.2) is 14.6 Å². The molecule has 2 aromatic heterocycles. The van der Waals surface area contributed by atoms with Gasteiger partial charge in [-0.05, 0) is 51.1 Å². The molecule has 0 bridgehead atoms. The molecule has 1 aromatic carbocycles. The molecule has 1 aliphatic heterocycles. The molecule has 2 N–H and O–H groups in total. The van der Waals surface area contributed by atoms with Crippen molar-refractivity contribution in [2.45, 2.75) is 65.3 Å². The number of piperidine rings is 1. The molecule has 3 aromatic rings. The summed E-state index contributed by atoms with van der Waals surface area (Å²) in [5, 5.41) is 6.69. The Labute approximate surface area is 223 Å². The smallest absolute Gasteiger partial charge is 0.439 e. The van der Waals surface area contributed by atoms with E-state index in [2.05, 4.69) is 25.0 Å². The minimum absolute atomic E-state index is 0.0358. The molecule has 3 heterocycles. The van der Waals surface area contributed by atoms with Crippen molar-refractivity contribution in [2.24, 2.45) is 0 Å². The standard InChI is InChI=1S/C24H26F3N5O5.C2H6/c1-23(2,3)36-22(34)32-12-9-16(10-13-32)35-17-8-11-28-19(18(17)20-30-21(33)37-31-20)29-15-6-4-14(5-7-15)24(25,26)27;1-2/h4-8,11,16H,9-10,12-13H2,1-3H3,(H,28,29)(H,30,31,33);1-2H3. The Morgan fingerprint density at radius 3 is 2.28 bits per heavy atom. The molecule has 1 fully saturated rings. The van der Waals surface area contributed by atoms with E-state index < -0.39 is 29.2 Å². The number of H-pyrrole nitrogens is 1. The highest BCUT2D eigenvalue weighted by Crippen LogP contribution is 2.37. The summed E-state index contributed by atoms with van der Waals surface area (Å²) in [5.74, 6) is -0.248. The van der Waals surface area contributed by atoms with Gasteiger partial charge in [0.25, 0.3) is 0 Å². The number of anilines is 2. The van der Waals surface area contributed by atoms with Crippen LogP contribution >= 0.6 is 0 Å². The van der Waals surface area contributed by atoms with Gasteiger partial charge in [-0.15, -0.1) is 0 Å². The van der Waals surface area contributed by atoms with E-state index in [1.54, 1.807) is 31.7 Å². The number of likely N-dealkylation sites (tertiary alicyclic amines) is 1. The zero-order valence-corrected chi connectivity index (χ0v) is 22.4. The second-order valence-corrected chi connectivity index (χ2v) is 9.46. The third-order valence-corrected chi connectivity index (χ3v) is 5.45. The molecule has 0 unspecified atom stereocenters. The van der Waals surface area contributed by atoms with Gasteiger partial charge >= 0.3 is 18.0 Å². The molecule has 0 atom stereocenters. The number of ether oxygens (including phenoxy) is 2. The summed E-state index contributed by atoms with van der Waals surface area (Å²) in [4.78, 5) is 32.3. The number of carbonyl (C=O) groups excluding carboxylic acids is 1. The Kier molecular flexibility index (Phi) is 9.25. The SMILES string of the molecule is CC.CC(C)(C)OC(=O)N1CCC(Oc2ccnc(Nc3ccc(C(F)(F)F)cc3)c2-c2noc(=O)[nH]2)CC1. The van der Waals surface area contributed by atoms with Crippen LogP contribution in [0.1, 0.15) is 53.0 Å². The van der Waals surface area contributed by atoms with Crippen LogP contribution in [0.4, 0.5) is 29.5 Å². The van der Waals surface area contributed by atoms with Gasteiger partial charge in [0.05, 0.1) is 5.56 Å². The zero-order chi connectivity index (χ0) is 28.8. The lowest BCUT2D eigenvalue weighted by Gasteiger charge is -2.33. The molecule has 0 spiro atoms. The molecular weight excluding hydrogens is 519 g/mol. The minimum atomic E-state index is -4.46. The first-order chi connectivity index (χ1) is 18.4. The van der Waals surface area contributed by atoms with Gasteiger partial charge in [0, 0.05) is 37.8 Å². The third kappa shape index (κ3) is 7.98. The largest absolute Gasteiger partial charge is 0.489 e. The Hall–Kier alpha value is -4.03. The maximum absolute atomic E-state index is 12.9. The van der Waals surface area contributed by atoms with Crippen LogP contribution in [0.5, 0.6) is 5.75 Å². The summed E-state index contributed by atoms with van der Waals surface area (Å²) in [6.07, 6.45) is -2.61. The van der Waals surface area contributed by atoms with Gasteiger partial charge in [0.2, 0.25) is 0 Å². The average molecular weight is 552 g/mol. The Bertz CT molecular complexity index is 1290. The molecule has 0 saturated carbocycles. The number of carbonyl (C=O) groups is 1. The normalized spacial score (nSPS) is 14.3. The number of hydrogen-bond acceptors (Lipinski definition) is 8. The number of pyridine rings is 1. The quantitative estimate of drug-likeness (QED) is 0.396. The lowest BCUT2D eigenvalue weighted by atomic mass is 10.1. The number of amides is 1. The second-order valence-electron chi connectivity index (χ2n) is 9.46. The van der Waals surface area contributed by atoms with Crippen molar-refractivity contribution in [1.29, 1.82) is 0 Å². The number of hydrogen-bond donors (Lipinski definition) is 2. The van der Waals surface area contributed by atoms with Crippen LogP contribution in [0.3, 0.4) is 0 Å². The van der Waals surface area contributed by atoms with Crippen molar-refractivity contribution >= 4 is 17.6 Å². The Balaban J connectivity index is 0.00000205. The zero-order valence-electron chi connectivity index (χ0n) is 22.4. The van der Waals surface area contributed by atoms with Crippen LogP contribution in [-0.2, 0) is 10.9 Å². The summed E-state index contributed by atoms with van der Waals surface area (Å²) >= 11 is 0. The summed E-state index contributed by atoms with van der Waals surface area (Å²) in [6.45, 7) is 10.3. The molecule has 1 aliphatic rings. The lowest BCUT2D eigenvalue weighted by molar-refractivity contribution is -0.137. The molecule has 4 rings (SSSR count). The van der Waals surface area contributed by atoms with E-state index in [-0.39, 0.29) is 23.3 Å². The molecule has 13 heteroatoms. The molecule has 212 valence electrons. The number of rotatable bonds is 5. The predicted molar refractivity (Wildman–Crippen MR) is 138 cm³/mol. The van der Waals surface area contributed by atoms with Crippen LogP contribution in [-0.4, -0.2) is 50.9 Å². The van der Waals surface area contributed by atoms with Gasteiger partial charge in [-0.2, -0.15) is 13.2 Å². The summed E-state index contributed by atoms with van der Waals surface area (Å²) in [6, 6.07) is 6.00. The molecule has 10 nitrogen and oxygen atoms in total. The predicted octanol–water partition coefficient (Wildman–Crippen LogP) is 5.99. The fourth-order valence-electron chi connectivity index (χ4n) is 3.74. The highest BCUT2D eigenvalue weighted by Gasteiger charge is 2.31. The fourth-order valence-corrected chi connectivity index (χ4v) is 3.74. The number of benzene rings is 1. The van der Waals surface area contributed by atoms with Crippen LogP contribution in [0, 0.1) is 0 Å². The van der Waals surface area contributed by atoms with E-state index >= 15 is 0 Å². The average Bonchev–Trinajstić information content (AvgIpc) is 3.30. The third-order valence-electron chi connectivity index (χ3n) is 5.45. The fraction of sp³-hybridized carbons (Fsp3) is 0.462. The number of aromatic nitrogens is 3. The van der Waals surface area contributed by atoms with Crippen LogP contribution < -0.4 is 15.8 Å². The number of nitrogens with one attached hydrogen (secondary N) is 2. The van der Waals surface area contributed by atoms with E-state index in [0.29, 0.717) is 37.4 Å². The topological polar surface area (TPSA) is 123 Å². The van der Waals surface area contributed by atoms with E-state index in [9.17, 15) is 22.8 Å². The first-order valence-corrected chi connectivity index (χ1v) is 12.5. The highest BCUT2D eigenvalue weighted by molar-refractivity contribution is 5.79.